The van der Waals surface area contributed by atoms with Crippen LogP contribution in [-0.4, -0.2) is 38.2 Å². The Morgan fingerprint density at radius 2 is 2.21 bits per heavy atom. The van der Waals surface area contributed by atoms with Crippen molar-refractivity contribution < 1.29 is 10.2 Å². The van der Waals surface area contributed by atoms with Crippen molar-refractivity contribution >= 4 is 0 Å². The Morgan fingerprint density at radius 3 is 2.93 bits per heavy atom. The number of rotatable bonds is 3. The van der Waals surface area contributed by atoms with Crippen molar-refractivity contribution in [1.29, 1.82) is 0 Å². The monoisotopic (exact) mass is 197 g/mol. The zero-order valence-electron chi connectivity index (χ0n) is 8.06. The fourth-order valence-electron chi connectivity index (χ4n) is 1.88. The molecule has 1 aromatic heterocycles. The SMILES string of the molecule is OCCc1nnc2n1CC(CO)CC2. The molecule has 0 fully saturated rings. The van der Waals surface area contributed by atoms with Gasteiger partial charge in [0.05, 0.1) is 6.61 Å². The molecule has 2 N–H and O–H groups in total. The van der Waals surface area contributed by atoms with Crippen molar-refractivity contribution in [2.45, 2.75) is 25.8 Å². The molecule has 0 saturated carbocycles. The molecule has 0 aliphatic carbocycles. The summed E-state index contributed by atoms with van der Waals surface area (Å²) in [6.07, 6.45) is 2.41. The van der Waals surface area contributed by atoms with Crippen molar-refractivity contribution in [3.63, 3.8) is 0 Å². The summed E-state index contributed by atoms with van der Waals surface area (Å²) in [4.78, 5) is 0. The average Bonchev–Trinajstić information content (AvgIpc) is 2.61. The molecule has 5 heteroatoms. The van der Waals surface area contributed by atoms with E-state index in [-0.39, 0.29) is 13.2 Å². The van der Waals surface area contributed by atoms with Gasteiger partial charge in [-0.2, -0.15) is 0 Å². The number of aliphatic hydroxyl groups is 2. The van der Waals surface area contributed by atoms with Crippen molar-refractivity contribution in [3.8, 4) is 0 Å². The number of hydrogen-bond acceptors (Lipinski definition) is 4. The predicted molar refractivity (Wildman–Crippen MR) is 49.7 cm³/mol. The molecule has 2 rings (SSSR count). The zero-order chi connectivity index (χ0) is 9.97. The van der Waals surface area contributed by atoms with Crippen LogP contribution >= 0.6 is 0 Å². The second-order valence-corrected chi connectivity index (χ2v) is 3.70. The van der Waals surface area contributed by atoms with Gasteiger partial charge < -0.3 is 14.8 Å². The molecule has 2 heterocycles. The van der Waals surface area contributed by atoms with Gasteiger partial charge in [0.15, 0.2) is 0 Å². The zero-order valence-corrected chi connectivity index (χ0v) is 8.06. The van der Waals surface area contributed by atoms with Crippen molar-refractivity contribution in [2.24, 2.45) is 5.92 Å². The van der Waals surface area contributed by atoms with Crippen molar-refractivity contribution in [3.05, 3.63) is 11.6 Å². The highest BCUT2D eigenvalue weighted by molar-refractivity contribution is 5.00. The first-order chi connectivity index (χ1) is 6.85. The van der Waals surface area contributed by atoms with Crippen LogP contribution in [0, 0.1) is 5.92 Å². The van der Waals surface area contributed by atoms with Crippen LogP contribution < -0.4 is 0 Å². The van der Waals surface area contributed by atoms with Gasteiger partial charge in [-0.05, 0) is 6.42 Å². The lowest BCUT2D eigenvalue weighted by molar-refractivity contribution is 0.188. The van der Waals surface area contributed by atoms with Crippen LogP contribution in [0.3, 0.4) is 0 Å². The Bertz CT molecular complexity index is 311. The number of aromatic nitrogens is 3. The van der Waals surface area contributed by atoms with Gasteiger partial charge in [-0.3, -0.25) is 0 Å². The molecule has 1 unspecified atom stereocenters. The first-order valence-corrected chi connectivity index (χ1v) is 4.97. The predicted octanol–water partition coefficient (Wildman–Crippen LogP) is -0.632. The van der Waals surface area contributed by atoms with Gasteiger partial charge in [0.25, 0.3) is 0 Å². The minimum absolute atomic E-state index is 0.0991. The normalized spacial score (nSPS) is 20.9. The molecule has 78 valence electrons. The second kappa shape index (κ2) is 4.06. The van der Waals surface area contributed by atoms with E-state index in [2.05, 4.69) is 10.2 Å². The number of aliphatic hydroxyl groups excluding tert-OH is 2. The summed E-state index contributed by atoms with van der Waals surface area (Å²) in [7, 11) is 0. The van der Waals surface area contributed by atoms with Gasteiger partial charge in [0, 0.05) is 31.9 Å². The highest BCUT2D eigenvalue weighted by Crippen LogP contribution is 2.19. The van der Waals surface area contributed by atoms with Gasteiger partial charge in [-0.1, -0.05) is 0 Å². The maximum absolute atomic E-state index is 9.07. The van der Waals surface area contributed by atoms with E-state index in [1.807, 2.05) is 4.57 Å². The second-order valence-electron chi connectivity index (χ2n) is 3.70. The van der Waals surface area contributed by atoms with Crippen LogP contribution in [0.2, 0.25) is 0 Å². The van der Waals surface area contributed by atoms with Crippen molar-refractivity contribution in [2.75, 3.05) is 13.2 Å². The summed E-state index contributed by atoms with van der Waals surface area (Å²) in [6, 6.07) is 0. The van der Waals surface area contributed by atoms with Gasteiger partial charge in [0.2, 0.25) is 0 Å². The third-order valence-electron chi connectivity index (χ3n) is 2.71. The topological polar surface area (TPSA) is 71.2 Å². The maximum Gasteiger partial charge on any atom is 0.135 e. The van der Waals surface area contributed by atoms with Crippen LogP contribution in [0.5, 0.6) is 0 Å². The summed E-state index contributed by atoms with van der Waals surface area (Å²) in [5.41, 5.74) is 0. The fraction of sp³-hybridized carbons (Fsp3) is 0.778. The summed E-state index contributed by atoms with van der Waals surface area (Å²) in [5, 5.41) is 26.0. The van der Waals surface area contributed by atoms with E-state index < -0.39 is 0 Å². The van der Waals surface area contributed by atoms with Crippen LogP contribution in [0.1, 0.15) is 18.1 Å². The molecule has 1 aliphatic rings. The lowest BCUT2D eigenvalue weighted by atomic mass is 10.0. The number of nitrogens with zero attached hydrogens (tertiary/aromatic N) is 3. The molecule has 5 nitrogen and oxygen atoms in total. The average molecular weight is 197 g/mol. The molecule has 1 aromatic rings. The Morgan fingerprint density at radius 1 is 1.36 bits per heavy atom. The van der Waals surface area contributed by atoms with Gasteiger partial charge in [-0.25, -0.2) is 0 Å². The number of hydrogen-bond donors (Lipinski definition) is 2. The Kier molecular flexibility index (Phi) is 2.79. The van der Waals surface area contributed by atoms with Crippen LogP contribution in [-0.2, 0) is 19.4 Å². The third kappa shape index (κ3) is 1.65. The molecular weight excluding hydrogens is 182 g/mol. The lowest BCUT2D eigenvalue weighted by Gasteiger charge is -2.22. The highest BCUT2D eigenvalue weighted by atomic mass is 16.3. The van der Waals surface area contributed by atoms with E-state index in [1.165, 1.54) is 0 Å². The quantitative estimate of drug-likeness (QED) is 0.676. The molecule has 1 atom stereocenters. The van der Waals surface area contributed by atoms with E-state index in [0.29, 0.717) is 12.3 Å². The molecule has 14 heavy (non-hydrogen) atoms. The number of aryl methyl sites for hydroxylation is 1. The molecular formula is C9H15N3O2. The summed E-state index contributed by atoms with van der Waals surface area (Å²) in [5.74, 6) is 2.13. The molecule has 0 radical (unpaired) electrons. The van der Waals surface area contributed by atoms with E-state index in [4.69, 9.17) is 10.2 Å². The summed E-state index contributed by atoms with van der Waals surface area (Å²) in [6.45, 7) is 1.10. The lowest BCUT2D eigenvalue weighted by Crippen LogP contribution is -2.24. The molecule has 1 aliphatic heterocycles. The molecule has 0 saturated heterocycles. The van der Waals surface area contributed by atoms with Gasteiger partial charge >= 0.3 is 0 Å². The van der Waals surface area contributed by atoms with Gasteiger partial charge in [0.1, 0.15) is 11.6 Å². The highest BCUT2D eigenvalue weighted by Gasteiger charge is 2.21. The van der Waals surface area contributed by atoms with E-state index >= 15 is 0 Å². The van der Waals surface area contributed by atoms with Crippen LogP contribution in [0.25, 0.3) is 0 Å². The molecule has 0 amide bonds. The first kappa shape index (κ1) is 9.61. The Balaban J connectivity index is 2.19. The maximum atomic E-state index is 9.07. The standard InChI is InChI=1S/C9H15N3O2/c13-4-3-9-11-10-8-2-1-7(6-14)5-12(8)9/h7,13-14H,1-6H2. The Labute approximate surface area is 82.4 Å². The fourth-order valence-corrected chi connectivity index (χ4v) is 1.88. The van der Waals surface area contributed by atoms with Crippen LogP contribution in [0.4, 0.5) is 0 Å². The van der Waals surface area contributed by atoms with E-state index in [1.54, 1.807) is 0 Å². The third-order valence-corrected chi connectivity index (χ3v) is 2.71. The summed E-state index contributed by atoms with van der Waals surface area (Å²) < 4.78 is 2.03. The largest absolute Gasteiger partial charge is 0.396 e. The molecule has 0 spiro atoms. The Hall–Kier alpha value is -0.940. The minimum atomic E-state index is 0.0991. The number of fused-ring (bicyclic) bond motifs is 1. The molecule has 0 bridgehead atoms. The first-order valence-electron chi connectivity index (χ1n) is 4.97. The van der Waals surface area contributed by atoms with Crippen LogP contribution in [0.15, 0.2) is 0 Å². The van der Waals surface area contributed by atoms with Crippen molar-refractivity contribution in [1.82, 2.24) is 14.8 Å². The van der Waals surface area contributed by atoms with E-state index in [9.17, 15) is 0 Å². The smallest absolute Gasteiger partial charge is 0.135 e. The van der Waals surface area contributed by atoms with Gasteiger partial charge in [-0.15, -0.1) is 10.2 Å². The molecule has 0 aromatic carbocycles. The van der Waals surface area contributed by atoms with E-state index in [0.717, 1.165) is 31.0 Å². The summed E-state index contributed by atoms with van der Waals surface area (Å²) >= 11 is 0. The minimum Gasteiger partial charge on any atom is -0.396 e.